The Morgan fingerprint density at radius 1 is 0.931 bits per heavy atom. The third-order valence-corrected chi connectivity index (χ3v) is 5.36. The Kier molecular flexibility index (Phi) is 8.25. The van der Waals surface area contributed by atoms with Crippen LogP contribution in [0, 0.1) is 0 Å². The van der Waals surface area contributed by atoms with E-state index >= 15 is 0 Å². The van der Waals surface area contributed by atoms with Crippen LogP contribution in [0.15, 0.2) is 42.5 Å². The molecule has 1 unspecified atom stereocenters. The van der Waals surface area contributed by atoms with Gasteiger partial charge in [0.15, 0.2) is 5.78 Å². The van der Waals surface area contributed by atoms with Crippen molar-refractivity contribution in [1.29, 1.82) is 0 Å². The van der Waals surface area contributed by atoms with Crippen LogP contribution in [0.4, 0.5) is 5.69 Å². The number of para-hydroxylation sites is 1. The van der Waals surface area contributed by atoms with E-state index in [1.165, 1.54) is 6.07 Å². The van der Waals surface area contributed by atoms with Crippen LogP contribution in [0.5, 0.6) is 5.75 Å². The van der Waals surface area contributed by atoms with Crippen LogP contribution in [0.2, 0.25) is 0 Å². The Balaban J connectivity index is 2.51. The fourth-order valence-corrected chi connectivity index (χ4v) is 3.76. The lowest BCUT2D eigenvalue weighted by atomic mass is 9.83. The molecule has 5 nitrogen and oxygen atoms in total. The number of carbonyl (C=O) groups is 2. The molecule has 0 aromatic heterocycles. The number of benzene rings is 2. The molecule has 0 heterocycles. The van der Waals surface area contributed by atoms with E-state index in [0.717, 1.165) is 19.3 Å². The number of carboxylic acid groups (broad SMARTS) is 1. The van der Waals surface area contributed by atoms with Crippen LogP contribution in [0.25, 0.3) is 0 Å². The monoisotopic (exact) mass is 397 g/mol. The lowest BCUT2D eigenvalue weighted by molar-refractivity contribution is 0.0695. The van der Waals surface area contributed by atoms with Gasteiger partial charge in [-0.2, -0.15) is 0 Å². The predicted molar refractivity (Wildman–Crippen MR) is 116 cm³/mol. The number of ketones is 1. The number of aromatic carboxylic acids is 1. The molecule has 0 amide bonds. The second kappa shape index (κ2) is 10.6. The number of hydrogen-bond acceptors (Lipinski definition) is 4. The van der Waals surface area contributed by atoms with Gasteiger partial charge in [-0.25, -0.2) is 4.79 Å². The lowest BCUT2D eigenvalue weighted by Gasteiger charge is -2.24. The number of phenols is 1. The molecule has 0 saturated carbocycles. The molecule has 2 N–H and O–H groups in total. The van der Waals surface area contributed by atoms with Gasteiger partial charge in [0, 0.05) is 19.0 Å². The molecule has 0 aliphatic heterocycles. The SMILES string of the molecule is CCCCCC(C(=O)c1cccc(N(CC)CC)c1O)c1ccccc1C(=O)O. The maximum Gasteiger partial charge on any atom is 0.335 e. The zero-order valence-corrected chi connectivity index (χ0v) is 17.5. The average molecular weight is 398 g/mol. The Labute approximate surface area is 173 Å². The van der Waals surface area contributed by atoms with E-state index in [0.29, 0.717) is 30.8 Å². The van der Waals surface area contributed by atoms with Gasteiger partial charge in [0.25, 0.3) is 0 Å². The summed E-state index contributed by atoms with van der Waals surface area (Å²) in [6.45, 7) is 7.50. The first-order valence-electron chi connectivity index (χ1n) is 10.4. The smallest absolute Gasteiger partial charge is 0.335 e. The van der Waals surface area contributed by atoms with Gasteiger partial charge in [-0.05, 0) is 44.0 Å². The Hall–Kier alpha value is -2.82. The largest absolute Gasteiger partial charge is 0.505 e. The number of carboxylic acids is 1. The molecule has 2 aromatic rings. The fourth-order valence-electron chi connectivity index (χ4n) is 3.76. The van der Waals surface area contributed by atoms with Crippen LogP contribution in [-0.4, -0.2) is 35.1 Å². The van der Waals surface area contributed by atoms with Crippen LogP contribution in [-0.2, 0) is 0 Å². The highest BCUT2D eigenvalue weighted by Crippen LogP contribution is 2.36. The second-order valence-corrected chi connectivity index (χ2v) is 7.15. The molecule has 2 aromatic carbocycles. The highest BCUT2D eigenvalue weighted by atomic mass is 16.4. The van der Waals surface area contributed by atoms with Gasteiger partial charge >= 0.3 is 5.97 Å². The van der Waals surface area contributed by atoms with E-state index in [9.17, 15) is 19.8 Å². The minimum absolute atomic E-state index is 0.0329. The molecule has 0 radical (unpaired) electrons. The lowest BCUT2D eigenvalue weighted by Crippen LogP contribution is -2.23. The number of nitrogens with zero attached hydrogens (tertiary/aromatic N) is 1. The van der Waals surface area contributed by atoms with E-state index in [2.05, 4.69) is 6.92 Å². The molecule has 29 heavy (non-hydrogen) atoms. The molecule has 2 rings (SSSR count). The molecule has 0 fully saturated rings. The van der Waals surface area contributed by atoms with Crippen molar-refractivity contribution in [3.63, 3.8) is 0 Å². The van der Waals surface area contributed by atoms with Gasteiger partial charge in [0.05, 0.1) is 16.8 Å². The molecule has 0 aliphatic rings. The molecule has 0 bridgehead atoms. The third-order valence-electron chi connectivity index (χ3n) is 5.36. The number of unbranched alkanes of at least 4 members (excludes halogenated alkanes) is 2. The van der Waals surface area contributed by atoms with Crippen molar-refractivity contribution in [2.24, 2.45) is 0 Å². The zero-order chi connectivity index (χ0) is 21.4. The van der Waals surface area contributed by atoms with E-state index < -0.39 is 11.9 Å². The summed E-state index contributed by atoms with van der Waals surface area (Å²) in [6.07, 6.45) is 3.33. The summed E-state index contributed by atoms with van der Waals surface area (Å²) in [5, 5.41) is 20.5. The number of carbonyl (C=O) groups excluding carboxylic acids is 1. The zero-order valence-electron chi connectivity index (χ0n) is 17.5. The molecule has 0 aliphatic carbocycles. The number of rotatable bonds is 11. The van der Waals surface area contributed by atoms with Crippen molar-refractivity contribution in [2.75, 3.05) is 18.0 Å². The number of Topliss-reactive ketones (excluding diaryl/α,β-unsaturated/α-hetero) is 1. The predicted octanol–water partition coefficient (Wildman–Crippen LogP) is 5.48. The van der Waals surface area contributed by atoms with Gasteiger partial charge in [0.1, 0.15) is 5.75 Å². The fraction of sp³-hybridized carbons (Fsp3) is 0.417. The molecule has 1 atom stereocenters. The molecular weight excluding hydrogens is 366 g/mol. The second-order valence-electron chi connectivity index (χ2n) is 7.15. The minimum Gasteiger partial charge on any atom is -0.505 e. The number of anilines is 1. The Bertz CT molecular complexity index is 843. The number of hydrogen-bond donors (Lipinski definition) is 2. The van der Waals surface area contributed by atoms with Gasteiger partial charge in [-0.1, -0.05) is 50.5 Å². The van der Waals surface area contributed by atoms with Crippen molar-refractivity contribution in [2.45, 2.75) is 52.4 Å². The van der Waals surface area contributed by atoms with Crippen LogP contribution in [0.1, 0.15) is 78.7 Å². The standard InChI is InChI=1S/C24H31NO4/c1-4-7-8-13-18(17-12-9-10-14-19(17)24(28)29)22(26)20-15-11-16-21(23(20)27)25(5-2)6-3/h9-12,14-16,18,27H,4-8,13H2,1-3H3,(H,28,29). The van der Waals surface area contributed by atoms with Crippen molar-refractivity contribution < 1.29 is 19.8 Å². The normalized spacial score (nSPS) is 11.8. The van der Waals surface area contributed by atoms with E-state index in [1.54, 1.807) is 36.4 Å². The highest BCUT2D eigenvalue weighted by molar-refractivity contribution is 6.05. The van der Waals surface area contributed by atoms with Crippen LogP contribution < -0.4 is 4.90 Å². The summed E-state index contributed by atoms with van der Waals surface area (Å²) in [7, 11) is 0. The van der Waals surface area contributed by atoms with Crippen molar-refractivity contribution in [1.82, 2.24) is 0 Å². The molecule has 0 saturated heterocycles. The summed E-state index contributed by atoms with van der Waals surface area (Å²) >= 11 is 0. The number of phenolic OH excluding ortho intramolecular Hbond substituents is 1. The average Bonchev–Trinajstić information content (AvgIpc) is 2.73. The molecule has 5 heteroatoms. The molecule has 0 spiro atoms. The van der Waals surface area contributed by atoms with Crippen molar-refractivity contribution in [3.8, 4) is 5.75 Å². The van der Waals surface area contributed by atoms with E-state index in [-0.39, 0.29) is 22.7 Å². The van der Waals surface area contributed by atoms with Crippen molar-refractivity contribution in [3.05, 3.63) is 59.2 Å². The first-order valence-corrected chi connectivity index (χ1v) is 10.4. The van der Waals surface area contributed by atoms with Crippen LogP contribution >= 0.6 is 0 Å². The topological polar surface area (TPSA) is 77.8 Å². The van der Waals surface area contributed by atoms with E-state index in [4.69, 9.17) is 0 Å². The maximum absolute atomic E-state index is 13.5. The maximum atomic E-state index is 13.5. The molecular formula is C24H31NO4. The number of aromatic hydroxyl groups is 1. The summed E-state index contributed by atoms with van der Waals surface area (Å²) < 4.78 is 0. The van der Waals surface area contributed by atoms with Gasteiger partial charge in [0.2, 0.25) is 0 Å². The summed E-state index contributed by atoms with van der Waals surface area (Å²) in [5.74, 6) is -1.92. The third kappa shape index (κ3) is 5.17. The highest BCUT2D eigenvalue weighted by Gasteiger charge is 2.28. The van der Waals surface area contributed by atoms with E-state index in [1.807, 2.05) is 18.7 Å². The first kappa shape index (κ1) is 22.5. The Morgan fingerprint density at radius 2 is 1.59 bits per heavy atom. The van der Waals surface area contributed by atoms with Crippen molar-refractivity contribution >= 4 is 17.4 Å². The molecule has 156 valence electrons. The first-order chi connectivity index (χ1) is 14.0. The van der Waals surface area contributed by atoms with Crippen LogP contribution in [0.3, 0.4) is 0 Å². The quantitative estimate of drug-likeness (QED) is 0.388. The van der Waals surface area contributed by atoms with Gasteiger partial charge in [-0.15, -0.1) is 0 Å². The minimum atomic E-state index is -1.05. The Morgan fingerprint density at radius 3 is 2.21 bits per heavy atom. The van der Waals surface area contributed by atoms with Gasteiger partial charge in [-0.3, -0.25) is 4.79 Å². The summed E-state index contributed by atoms with van der Waals surface area (Å²) in [6, 6.07) is 11.9. The summed E-state index contributed by atoms with van der Waals surface area (Å²) in [5.41, 5.74) is 1.52. The van der Waals surface area contributed by atoms with Gasteiger partial charge < -0.3 is 15.1 Å². The summed E-state index contributed by atoms with van der Waals surface area (Å²) in [4.78, 5) is 27.2.